The van der Waals surface area contributed by atoms with Crippen LogP contribution in [0, 0.1) is 0 Å². The number of rotatable bonds is 3. The second kappa shape index (κ2) is 5.55. The molecular weight excluding hydrogens is 296 g/mol. The van der Waals surface area contributed by atoms with E-state index in [1.165, 1.54) is 6.07 Å². The molecule has 1 aromatic heterocycles. The molecule has 0 fully saturated rings. The number of aliphatic imine (C=N–C) groups is 1. The third kappa shape index (κ3) is 3.01. The Morgan fingerprint density at radius 2 is 2.00 bits per heavy atom. The van der Waals surface area contributed by atoms with Crippen molar-refractivity contribution >= 4 is 33.8 Å². The first-order chi connectivity index (χ1) is 8.66. The minimum atomic E-state index is -1.00. The molecule has 0 amide bonds. The molecule has 2 rings (SSSR count). The van der Waals surface area contributed by atoms with Crippen molar-refractivity contribution < 1.29 is 9.90 Å². The normalized spacial score (nSPS) is 10.7. The summed E-state index contributed by atoms with van der Waals surface area (Å²) in [4.78, 5) is 19.2. The van der Waals surface area contributed by atoms with Gasteiger partial charge in [-0.25, -0.2) is 4.79 Å². The van der Waals surface area contributed by atoms with E-state index < -0.39 is 5.97 Å². The molecule has 2 aromatic rings. The van der Waals surface area contributed by atoms with Crippen molar-refractivity contribution in [2.75, 3.05) is 0 Å². The highest BCUT2D eigenvalue weighted by atomic mass is 79.9. The van der Waals surface area contributed by atoms with Gasteiger partial charge < -0.3 is 5.11 Å². The van der Waals surface area contributed by atoms with Crippen molar-refractivity contribution in [3.63, 3.8) is 0 Å². The van der Waals surface area contributed by atoms with Gasteiger partial charge in [-0.05, 0) is 35.9 Å². The number of carbonyl (C=O) groups is 1. The zero-order valence-corrected chi connectivity index (χ0v) is 10.8. The van der Waals surface area contributed by atoms with Crippen LogP contribution in [0.3, 0.4) is 0 Å². The van der Waals surface area contributed by atoms with Gasteiger partial charge in [0.1, 0.15) is 0 Å². The Balaban J connectivity index is 2.35. The molecule has 0 aliphatic heterocycles. The quantitative estimate of drug-likeness (QED) is 0.885. The van der Waals surface area contributed by atoms with Crippen LogP contribution >= 0.6 is 15.9 Å². The molecule has 0 aliphatic rings. The largest absolute Gasteiger partial charge is 0.478 e. The maximum absolute atomic E-state index is 11.1. The molecule has 1 aromatic carbocycles. The molecular formula is C13H9BrN2O2. The van der Waals surface area contributed by atoms with Gasteiger partial charge in [-0.3, -0.25) is 9.98 Å². The standard InChI is InChI=1S/C13H9BrN2O2/c14-10-1-2-12(11(7-10)13(17)18)16-8-9-3-5-15-6-4-9/h1-8H,(H,17,18). The molecule has 1 heterocycles. The maximum Gasteiger partial charge on any atom is 0.337 e. The van der Waals surface area contributed by atoms with E-state index in [1.807, 2.05) is 0 Å². The van der Waals surface area contributed by atoms with Crippen LogP contribution in [0.5, 0.6) is 0 Å². The summed E-state index contributed by atoms with van der Waals surface area (Å²) >= 11 is 3.24. The van der Waals surface area contributed by atoms with Gasteiger partial charge in [-0.15, -0.1) is 0 Å². The Morgan fingerprint density at radius 1 is 1.28 bits per heavy atom. The molecule has 4 nitrogen and oxygen atoms in total. The van der Waals surface area contributed by atoms with E-state index in [2.05, 4.69) is 25.9 Å². The van der Waals surface area contributed by atoms with Gasteiger partial charge in [0.25, 0.3) is 0 Å². The van der Waals surface area contributed by atoms with Crippen molar-refractivity contribution in [3.8, 4) is 0 Å². The summed E-state index contributed by atoms with van der Waals surface area (Å²) in [7, 11) is 0. The lowest BCUT2D eigenvalue weighted by Gasteiger charge is -2.01. The number of nitrogens with zero attached hydrogens (tertiary/aromatic N) is 2. The van der Waals surface area contributed by atoms with Crippen LogP contribution in [0.2, 0.25) is 0 Å². The molecule has 0 spiro atoms. The highest BCUT2D eigenvalue weighted by Crippen LogP contribution is 2.23. The Hall–Kier alpha value is -2.01. The predicted molar refractivity (Wildman–Crippen MR) is 72.6 cm³/mol. The topological polar surface area (TPSA) is 62.5 Å². The number of pyridine rings is 1. The Kier molecular flexibility index (Phi) is 3.84. The fourth-order valence-corrected chi connectivity index (χ4v) is 1.75. The molecule has 18 heavy (non-hydrogen) atoms. The average molecular weight is 305 g/mol. The van der Waals surface area contributed by atoms with Crippen LogP contribution in [0.25, 0.3) is 0 Å². The van der Waals surface area contributed by atoms with Gasteiger partial charge in [0.05, 0.1) is 11.3 Å². The minimum absolute atomic E-state index is 0.162. The smallest absolute Gasteiger partial charge is 0.337 e. The van der Waals surface area contributed by atoms with Gasteiger partial charge in [0.2, 0.25) is 0 Å². The molecule has 0 unspecified atom stereocenters. The van der Waals surface area contributed by atoms with E-state index >= 15 is 0 Å². The van der Waals surface area contributed by atoms with Crippen LogP contribution < -0.4 is 0 Å². The number of carboxylic acid groups (broad SMARTS) is 1. The Bertz CT molecular complexity index is 597. The zero-order valence-electron chi connectivity index (χ0n) is 9.25. The fraction of sp³-hybridized carbons (Fsp3) is 0. The van der Waals surface area contributed by atoms with Crippen LogP contribution in [0.15, 0.2) is 52.2 Å². The summed E-state index contributed by atoms with van der Waals surface area (Å²) in [6, 6.07) is 8.53. The number of hydrogen-bond donors (Lipinski definition) is 1. The minimum Gasteiger partial charge on any atom is -0.478 e. The summed E-state index contributed by atoms with van der Waals surface area (Å²) < 4.78 is 0.711. The van der Waals surface area contributed by atoms with Crippen LogP contribution in [-0.2, 0) is 0 Å². The lowest BCUT2D eigenvalue weighted by atomic mass is 10.2. The van der Waals surface area contributed by atoms with E-state index in [1.54, 1.807) is 42.9 Å². The van der Waals surface area contributed by atoms with Gasteiger partial charge in [-0.2, -0.15) is 0 Å². The van der Waals surface area contributed by atoms with Crippen LogP contribution in [0.4, 0.5) is 5.69 Å². The maximum atomic E-state index is 11.1. The number of carboxylic acids is 1. The zero-order chi connectivity index (χ0) is 13.0. The highest BCUT2D eigenvalue weighted by molar-refractivity contribution is 9.10. The first-order valence-corrected chi connectivity index (χ1v) is 5.93. The summed E-state index contributed by atoms with van der Waals surface area (Å²) in [6.07, 6.45) is 4.92. The summed E-state index contributed by atoms with van der Waals surface area (Å²) in [5, 5.41) is 9.08. The summed E-state index contributed by atoms with van der Waals surface area (Å²) in [5.41, 5.74) is 1.45. The number of aromatic carboxylic acids is 1. The summed E-state index contributed by atoms with van der Waals surface area (Å²) in [6.45, 7) is 0. The molecule has 0 aliphatic carbocycles. The molecule has 0 atom stereocenters. The highest BCUT2D eigenvalue weighted by Gasteiger charge is 2.09. The first-order valence-electron chi connectivity index (χ1n) is 5.14. The molecule has 5 heteroatoms. The first kappa shape index (κ1) is 12.4. The Morgan fingerprint density at radius 3 is 2.67 bits per heavy atom. The monoisotopic (exact) mass is 304 g/mol. The lowest BCUT2D eigenvalue weighted by Crippen LogP contribution is -1.96. The van der Waals surface area contributed by atoms with Crippen molar-refractivity contribution in [2.45, 2.75) is 0 Å². The van der Waals surface area contributed by atoms with E-state index in [9.17, 15) is 4.79 Å². The predicted octanol–water partition coefficient (Wildman–Crippen LogP) is 3.29. The van der Waals surface area contributed by atoms with Gasteiger partial charge in [0, 0.05) is 23.1 Å². The second-order valence-corrected chi connectivity index (χ2v) is 4.42. The molecule has 0 bridgehead atoms. The van der Waals surface area contributed by atoms with Crippen molar-refractivity contribution in [1.82, 2.24) is 4.98 Å². The Labute approximate surface area is 112 Å². The van der Waals surface area contributed by atoms with E-state index in [-0.39, 0.29) is 5.56 Å². The van der Waals surface area contributed by atoms with Gasteiger partial charge in [-0.1, -0.05) is 15.9 Å². The van der Waals surface area contributed by atoms with E-state index in [4.69, 9.17) is 5.11 Å². The third-order valence-electron chi connectivity index (χ3n) is 2.25. The van der Waals surface area contributed by atoms with E-state index in [0.29, 0.717) is 10.2 Å². The number of benzene rings is 1. The number of halogens is 1. The van der Waals surface area contributed by atoms with Gasteiger partial charge in [0.15, 0.2) is 0 Å². The second-order valence-electron chi connectivity index (χ2n) is 3.51. The van der Waals surface area contributed by atoms with Crippen molar-refractivity contribution in [2.24, 2.45) is 4.99 Å². The fourth-order valence-electron chi connectivity index (χ4n) is 1.39. The van der Waals surface area contributed by atoms with E-state index in [0.717, 1.165) is 5.56 Å². The van der Waals surface area contributed by atoms with Crippen LogP contribution in [-0.4, -0.2) is 22.3 Å². The van der Waals surface area contributed by atoms with Crippen molar-refractivity contribution in [1.29, 1.82) is 0 Å². The third-order valence-corrected chi connectivity index (χ3v) is 2.74. The van der Waals surface area contributed by atoms with Gasteiger partial charge >= 0.3 is 5.97 Å². The lowest BCUT2D eigenvalue weighted by molar-refractivity contribution is 0.0698. The number of aromatic nitrogens is 1. The van der Waals surface area contributed by atoms with Crippen molar-refractivity contribution in [3.05, 3.63) is 58.3 Å². The SMILES string of the molecule is O=C(O)c1cc(Br)ccc1N=Cc1ccncc1. The average Bonchev–Trinajstić information content (AvgIpc) is 2.38. The molecule has 0 saturated heterocycles. The number of hydrogen-bond acceptors (Lipinski definition) is 3. The summed E-state index contributed by atoms with van der Waals surface area (Å²) in [5.74, 6) is -1.00. The molecule has 90 valence electrons. The molecule has 1 N–H and O–H groups in total. The van der Waals surface area contributed by atoms with Crippen LogP contribution in [0.1, 0.15) is 15.9 Å². The molecule has 0 radical (unpaired) electrons. The molecule has 0 saturated carbocycles.